The molecule has 0 bridgehead atoms. The highest BCUT2D eigenvalue weighted by Crippen LogP contribution is 2.29. The topological polar surface area (TPSA) is 35.2 Å². The van der Waals surface area contributed by atoms with E-state index in [1.807, 2.05) is 26.0 Å². The second-order valence-electron chi connectivity index (χ2n) is 4.53. The zero-order valence-corrected chi connectivity index (χ0v) is 10.7. The molecule has 1 aromatic rings. The van der Waals surface area contributed by atoms with Crippen molar-refractivity contribution in [1.82, 2.24) is 0 Å². The fourth-order valence-corrected chi connectivity index (χ4v) is 1.52. The molecule has 0 aliphatic heterocycles. The Morgan fingerprint density at radius 2 is 1.81 bits per heavy atom. The molecule has 0 amide bonds. The number of para-hydroxylation sites is 1. The fourth-order valence-electron chi connectivity index (χ4n) is 1.52. The van der Waals surface area contributed by atoms with Crippen molar-refractivity contribution in [3.05, 3.63) is 29.8 Å². The third-order valence-electron chi connectivity index (χ3n) is 3.12. The number of rotatable bonds is 5. The molecule has 0 aliphatic rings. The van der Waals surface area contributed by atoms with Crippen LogP contribution < -0.4 is 10.5 Å². The molecule has 0 spiro atoms. The van der Waals surface area contributed by atoms with Gasteiger partial charge in [-0.1, -0.05) is 32.0 Å². The van der Waals surface area contributed by atoms with Crippen LogP contribution in [0.25, 0.3) is 0 Å². The molecule has 1 rings (SSSR count). The average molecular weight is 221 g/mol. The van der Waals surface area contributed by atoms with Crippen molar-refractivity contribution in [2.45, 2.75) is 52.2 Å². The highest BCUT2D eigenvalue weighted by atomic mass is 16.5. The lowest BCUT2D eigenvalue weighted by Crippen LogP contribution is -2.33. The molecule has 0 aliphatic carbocycles. The predicted molar refractivity (Wildman–Crippen MR) is 68.9 cm³/mol. The summed E-state index contributed by atoms with van der Waals surface area (Å²) in [7, 11) is 0. The van der Waals surface area contributed by atoms with Gasteiger partial charge in [0.1, 0.15) is 11.9 Å². The molecular formula is C14H23NO. The Morgan fingerprint density at radius 3 is 2.38 bits per heavy atom. The van der Waals surface area contributed by atoms with E-state index >= 15 is 0 Å². The zero-order chi connectivity index (χ0) is 12.1. The van der Waals surface area contributed by atoms with E-state index in [0.29, 0.717) is 5.92 Å². The highest BCUT2D eigenvalue weighted by Gasteiger charge is 2.14. The molecule has 0 fully saturated rings. The quantitative estimate of drug-likeness (QED) is 0.828. The van der Waals surface area contributed by atoms with Crippen LogP contribution >= 0.6 is 0 Å². The minimum Gasteiger partial charge on any atom is -0.489 e. The lowest BCUT2D eigenvalue weighted by Gasteiger charge is -2.22. The summed E-state index contributed by atoms with van der Waals surface area (Å²) in [6.07, 6.45) is 1.16. The average Bonchev–Trinajstić information content (AvgIpc) is 2.28. The predicted octanol–water partition coefficient (Wildman–Crippen LogP) is 3.31. The highest BCUT2D eigenvalue weighted by molar-refractivity contribution is 5.36. The molecular weight excluding hydrogens is 198 g/mol. The lowest BCUT2D eigenvalue weighted by molar-refractivity contribution is 0.194. The van der Waals surface area contributed by atoms with E-state index in [4.69, 9.17) is 10.5 Å². The molecule has 1 aromatic carbocycles. The van der Waals surface area contributed by atoms with E-state index in [1.165, 1.54) is 5.56 Å². The van der Waals surface area contributed by atoms with Gasteiger partial charge in [-0.05, 0) is 37.8 Å². The van der Waals surface area contributed by atoms with Crippen molar-refractivity contribution in [2.24, 2.45) is 5.73 Å². The van der Waals surface area contributed by atoms with Gasteiger partial charge in [-0.15, -0.1) is 0 Å². The first kappa shape index (κ1) is 13.0. The maximum absolute atomic E-state index is 5.90. The van der Waals surface area contributed by atoms with Crippen LogP contribution in [-0.4, -0.2) is 12.1 Å². The first-order chi connectivity index (χ1) is 7.56. The van der Waals surface area contributed by atoms with Crippen LogP contribution in [-0.2, 0) is 0 Å². The minimum atomic E-state index is 0.0463. The van der Waals surface area contributed by atoms with E-state index in [2.05, 4.69) is 26.0 Å². The van der Waals surface area contributed by atoms with Gasteiger partial charge in [0.05, 0.1) is 0 Å². The second-order valence-corrected chi connectivity index (χ2v) is 4.53. The van der Waals surface area contributed by atoms with Crippen molar-refractivity contribution >= 4 is 0 Å². The summed E-state index contributed by atoms with van der Waals surface area (Å²) in [5.41, 5.74) is 7.09. The first-order valence-corrected chi connectivity index (χ1v) is 6.07. The maximum Gasteiger partial charge on any atom is 0.123 e. The van der Waals surface area contributed by atoms with Gasteiger partial charge in [-0.25, -0.2) is 0 Å². The first-order valence-electron chi connectivity index (χ1n) is 6.07. The Kier molecular flexibility index (Phi) is 4.81. The van der Waals surface area contributed by atoms with E-state index in [9.17, 15) is 0 Å². The summed E-state index contributed by atoms with van der Waals surface area (Å²) >= 11 is 0. The third kappa shape index (κ3) is 3.24. The van der Waals surface area contributed by atoms with Gasteiger partial charge >= 0.3 is 0 Å². The maximum atomic E-state index is 5.90. The molecule has 90 valence electrons. The van der Waals surface area contributed by atoms with Crippen LogP contribution in [0.15, 0.2) is 24.3 Å². The number of hydrogen-bond donors (Lipinski definition) is 1. The second kappa shape index (κ2) is 5.90. The van der Waals surface area contributed by atoms with Crippen molar-refractivity contribution in [3.63, 3.8) is 0 Å². The summed E-state index contributed by atoms with van der Waals surface area (Å²) in [4.78, 5) is 0. The molecule has 2 N–H and O–H groups in total. The van der Waals surface area contributed by atoms with E-state index < -0.39 is 0 Å². The third-order valence-corrected chi connectivity index (χ3v) is 3.12. The van der Waals surface area contributed by atoms with Crippen LogP contribution in [0, 0.1) is 0 Å². The van der Waals surface area contributed by atoms with Gasteiger partial charge in [0.25, 0.3) is 0 Å². The normalized spacial score (nSPS) is 16.6. The summed E-state index contributed by atoms with van der Waals surface area (Å²) < 4.78 is 5.90. The monoisotopic (exact) mass is 221 g/mol. The Balaban J connectivity index is 2.86. The Hall–Kier alpha value is -1.02. The van der Waals surface area contributed by atoms with E-state index in [-0.39, 0.29) is 12.1 Å². The van der Waals surface area contributed by atoms with Gasteiger partial charge in [0, 0.05) is 6.04 Å². The van der Waals surface area contributed by atoms with Gasteiger partial charge in [-0.2, -0.15) is 0 Å². The molecule has 0 aromatic heterocycles. The number of hydrogen-bond acceptors (Lipinski definition) is 2. The zero-order valence-electron chi connectivity index (χ0n) is 10.7. The largest absolute Gasteiger partial charge is 0.489 e. The Morgan fingerprint density at radius 1 is 1.19 bits per heavy atom. The summed E-state index contributed by atoms with van der Waals surface area (Å²) in [6, 6.07) is 8.28. The molecule has 16 heavy (non-hydrogen) atoms. The SMILES string of the molecule is CCC(C)c1ccccc1OC(C)[C@H](C)N. The van der Waals surface area contributed by atoms with Gasteiger partial charge < -0.3 is 10.5 Å². The molecule has 3 atom stereocenters. The smallest absolute Gasteiger partial charge is 0.123 e. The molecule has 0 saturated heterocycles. The minimum absolute atomic E-state index is 0.0463. The van der Waals surface area contributed by atoms with Crippen molar-refractivity contribution < 1.29 is 4.74 Å². The van der Waals surface area contributed by atoms with Gasteiger partial charge in [0.2, 0.25) is 0 Å². The molecule has 2 unspecified atom stereocenters. The fraction of sp³-hybridized carbons (Fsp3) is 0.571. The number of ether oxygens (including phenoxy) is 1. The van der Waals surface area contributed by atoms with E-state index in [1.54, 1.807) is 0 Å². The van der Waals surface area contributed by atoms with Crippen LogP contribution in [0.3, 0.4) is 0 Å². The van der Waals surface area contributed by atoms with Crippen molar-refractivity contribution in [1.29, 1.82) is 0 Å². The Bertz CT molecular complexity index is 322. The lowest BCUT2D eigenvalue weighted by atomic mass is 9.98. The van der Waals surface area contributed by atoms with Gasteiger partial charge in [-0.3, -0.25) is 0 Å². The van der Waals surface area contributed by atoms with Crippen molar-refractivity contribution in [3.8, 4) is 5.75 Å². The van der Waals surface area contributed by atoms with Crippen LogP contribution in [0.4, 0.5) is 0 Å². The van der Waals surface area contributed by atoms with Crippen LogP contribution in [0.2, 0.25) is 0 Å². The van der Waals surface area contributed by atoms with Crippen molar-refractivity contribution in [2.75, 3.05) is 0 Å². The Labute approximate surface area is 98.8 Å². The molecule has 0 radical (unpaired) electrons. The van der Waals surface area contributed by atoms with Gasteiger partial charge in [0.15, 0.2) is 0 Å². The summed E-state index contributed by atoms with van der Waals surface area (Å²) in [5, 5.41) is 0. The van der Waals surface area contributed by atoms with Crippen LogP contribution in [0.5, 0.6) is 5.75 Å². The molecule has 2 heteroatoms. The standard InChI is InChI=1S/C14H23NO/c1-5-10(2)13-8-6-7-9-14(13)16-12(4)11(3)15/h6-12H,5,15H2,1-4H3/t10?,11-,12?/m0/s1. The molecule has 0 saturated carbocycles. The number of nitrogens with two attached hydrogens (primary N) is 1. The molecule has 0 heterocycles. The number of benzene rings is 1. The van der Waals surface area contributed by atoms with Crippen LogP contribution in [0.1, 0.15) is 45.6 Å². The summed E-state index contributed by atoms with van der Waals surface area (Å²) in [6.45, 7) is 8.39. The summed E-state index contributed by atoms with van der Waals surface area (Å²) in [5.74, 6) is 1.50. The molecule has 2 nitrogen and oxygen atoms in total. The van der Waals surface area contributed by atoms with E-state index in [0.717, 1.165) is 12.2 Å².